The van der Waals surface area contributed by atoms with Crippen molar-refractivity contribution in [2.45, 2.75) is 38.3 Å². The van der Waals surface area contributed by atoms with Gasteiger partial charge in [0.15, 0.2) is 11.3 Å². The maximum Gasteiger partial charge on any atom is 0.409 e. The molecule has 42 heavy (non-hydrogen) atoms. The van der Waals surface area contributed by atoms with Crippen LogP contribution in [0.2, 0.25) is 0 Å². The van der Waals surface area contributed by atoms with Crippen molar-refractivity contribution in [2.24, 2.45) is 0 Å². The molecule has 3 rings (SSSR count). The van der Waals surface area contributed by atoms with Gasteiger partial charge in [-0.1, -0.05) is 18.2 Å². The van der Waals surface area contributed by atoms with Crippen LogP contribution in [0, 0.1) is 0 Å². The van der Waals surface area contributed by atoms with Crippen LogP contribution in [0.5, 0.6) is 5.88 Å². The number of amides is 3. The van der Waals surface area contributed by atoms with Crippen molar-refractivity contribution in [1.82, 2.24) is 24.9 Å². The first-order valence-electron chi connectivity index (χ1n) is 13.3. The number of aliphatic hydroxyl groups is 1. The van der Waals surface area contributed by atoms with Crippen molar-refractivity contribution in [2.75, 3.05) is 46.5 Å². The van der Waals surface area contributed by atoms with Gasteiger partial charge in [0.05, 0.1) is 19.4 Å². The highest BCUT2D eigenvalue weighted by Crippen LogP contribution is 2.22. The summed E-state index contributed by atoms with van der Waals surface area (Å²) in [6.45, 7) is 3.41. The lowest BCUT2D eigenvalue weighted by Crippen LogP contribution is -2.56. The predicted octanol–water partition coefficient (Wildman–Crippen LogP) is 0.439. The molecule has 3 amide bonds. The maximum absolute atomic E-state index is 13.3. The summed E-state index contributed by atoms with van der Waals surface area (Å²) in [7, 11) is 1.12. The molecule has 0 radical (unpaired) electrons. The van der Waals surface area contributed by atoms with Crippen LogP contribution >= 0.6 is 0 Å². The minimum atomic E-state index is -1.99. The second kappa shape index (κ2) is 14.3. The molecule has 0 bridgehead atoms. The number of aliphatic carboxylic acids is 1. The van der Waals surface area contributed by atoms with Crippen LogP contribution in [0.4, 0.5) is 4.79 Å². The van der Waals surface area contributed by atoms with Gasteiger partial charge >= 0.3 is 18.0 Å². The number of benzene rings is 1. The lowest BCUT2D eigenvalue weighted by Gasteiger charge is -2.35. The third-order valence-electron chi connectivity index (χ3n) is 6.40. The number of carbonyl (C=O) groups excluding carboxylic acids is 4. The number of carboxylic acids is 1. The summed E-state index contributed by atoms with van der Waals surface area (Å²) in [5, 5.41) is 26.5. The monoisotopic (exact) mass is 589 g/mol. The molecule has 2 heterocycles. The van der Waals surface area contributed by atoms with Crippen LogP contribution in [0.15, 0.2) is 36.4 Å². The highest BCUT2D eigenvalue weighted by Gasteiger charge is 2.34. The van der Waals surface area contributed by atoms with Gasteiger partial charge in [0.25, 0.3) is 5.91 Å². The molecular formula is C27H35N5O10. The van der Waals surface area contributed by atoms with Gasteiger partial charge < -0.3 is 39.5 Å². The number of para-hydroxylation sites is 1. The normalized spacial score (nSPS) is 15.2. The lowest BCUT2D eigenvalue weighted by atomic mass is 10.1. The zero-order valence-electron chi connectivity index (χ0n) is 23.6. The number of carboxylic acid groups (broad SMARTS) is 1. The molecule has 15 heteroatoms. The molecule has 1 aromatic heterocycles. The molecule has 1 aromatic carbocycles. The quantitative estimate of drug-likeness (QED) is 0.291. The van der Waals surface area contributed by atoms with Crippen LogP contribution in [0.25, 0.3) is 5.69 Å². The Kier molecular flexibility index (Phi) is 10.8. The van der Waals surface area contributed by atoms with Crippen LogP contribution in [-0.4, -0.2) is 118 Å². The molecule has 15 nitrogen and oxygen atoms in total. The lowest BCUT2D eigenvalue weighted by molar-refractivity contribution is -0.163. The van der Waals surface area contributed by atoms with E-state index in [1.807, 2.05) is 0 Å². The standard InChI is InChI=1S/C27H35N5O10/c1-4-41-26(38)31-14-12-30(13-15-31)24(36)19(10-11-22(33)34)28-23(35)20-16-21(42-17-27(2,39)25(37)40-3)32(29-20)18-8-6-5-7-9-18/h5-9,16,19,39H,4,10-15,17H2,1-3H3,(H,28,35)(H,33,34). The Morgan fingerprint density at radius 3 is 2.31 bits per heavy atom. The van der Waals surface area contributed by atoms with E-state index in [0.717, 1.165) is 7.11 Å². The third kappa shape index (κ3) is 8.19. The Morgan fingerprint density at radius 1 is 1.07 bits per heavy atom. The van der Waals surface area contributed by atoms with Crippen molar-refractivity contribution in [3.8, 4) is 11.6 Å². The molecule has 228 valence electrons. The zero-order valence-corrected chi connectivity index (χ0v) is 23.6. The first kappa shape index (κ1) is 31.9. The number of hydrogen-bond donors (Lipinski definition) is 3. The van der Waals surface area contributed by atoms with E-state index in [1.165, 1.54) is 27.5 Å². The molecule has 0 spiro atoms. The second-order valence-electron chi connectivity index (χ2n) is 9.64. The Morgan fingerprint density at radius 2 is 1.71 bits per heavy atom. The number of carbonyl (C=O) groups is 5. The largest absolute Gasteiger partial charge is 0.481 e. The van der Waals surface area contributed by atoms with Gasteiger partial charge in [-0.25, -0.2) is 14.3 Å². The summed E-state index contributed by atoms with van der Waals surface area (Å²) in [5.74, 6) is -3.33. The Bertz CT molecular complexity index is 1270. The van der Waals surface area contributed by atoms with Gasteiger partial charge in [-0.05, 0) is 32.4 Å². The van der Waals surface area contributed by atoms with Crippen molar-refractivity contribution in [1.29, 1.82) is 0 Å². The number of methoxy groups -OCH3 is 1. The Labute approximate surface area is 241 Å². The van der Waals surface area contributed by atoms with E-state index in [1.54, 1.807) is 37.3 Å². The molecule has 3 N–H and O–H groups in total. The van der Waals surface area contributed by atoms with Gasteiger partial charge in [-0.15, -0.1) is 0 Å². The summed E-state index contributed by atoms with van der Waals surface area (Å²) < 4.78 is 16.5. The first-order valence-corrected chi connectivity index (χ1v) is 13.3. The van der Waals surface area contributed by atoms with E-state index in [2.05, 4.69) is 15.2 Å². The van der Waals surface area contributed by atoms with Gasteiger partial charge in [0.2, 0.25) is 11.8 Å². The van der Waals surface area contributed by atoms with Crippen LogP contribution in [0.1, 0.15) is 37.2 Å². The van der Waals surface area contributed by atoms with E-state index in [-0.39, 0.29) is 57.2 Å². The highest BCUT2D eigenvalue weighted by atomic mass is 16.6. The Balaban J connectivity index is 1.80. The molecule has 1 fully saturated rings. The second-order valence-corrected chi connectivity index (χ2v) is 9.64. The smallest absolute Gasteiger partial charge is 0.409 e. The summed E-state index contributed by atoms with van der Waals surface area (Å²) in [6.07, 6.45) is -1.04. The number of hydrogen-bond acceptors (Lipinski definition) is 10. The topological polar surface area (TPSA) is 190 Å². The molecule has 2 aromatic rings. The highest BCUT2D eigenvalue weighted by molar-refractivity contribution is 5.96. The zero-order chi connectivity index (χ0) is 30.9. The summed E-state index contributed by atoms with van der Waals surface area (Å²) in [4.78, 5) is 64.7. The fraction of sp³-hybridized carbons (Fsp3) is 0.481. The van der Waals surface area contributed by atoms with Gasteiger partial charge in [-0.3, -0.25) is 14.4 Å². The average Bonchev–Trinajstić information content (AvgIpc) is 3.42. The number of rotatable bonds is 12. The molecule has 1 saturated heterocycles. The number of nitrogens with one attached hydrogen (secondary N) is 1. The van der Waals surface area contributed by atoms with Gasteiger partial charge in [0.1, 0.15) is 12.6 Å². The van der Waals surface area contributed by atoms with E-state index >= 15 is 0 Å². The number of nitrogens with zero attached hydrogens (tertiary/aromatic N) is 4. The fourth-order valence-corrected chi connectivity index (χ4v) is 4.13. The molecule has 1 aliphatic heterocycles. The SMILES string of the molecule is CCOC(=O)N1CCN(C(=O)C(CCC(=O)O)NC(=O)c2cc(OCC(C)(O)C(=O)OC)n(-c3ccccc3)n2)CC1. The Hall–Kier alpha value is -4.66. The van der Waals surface area contributed by atoms with E-state index in [0.29, 0.717) is 5.69 Å². The van der Waals surface area contributed by atoms with Crippen molar-refractivity contribution < 1.29 is 48.4 Å². The molecule has 1 aliphatic rings. The minimum absolute atomic E-state index is 0.0130. The van der Waals surface area contributed by atoms with Crippen molar-refractivity contribution >= 4 is 29.8 Å². The number of ether oxygens (including phenoxy) is 3. The van der Waals surface area contributed by atoms with Crippen molar-refractivity contribution in [3.05, 3.63) is 42.1 Å². The van der Waals surface area contributed by atoms with E-state index in [4.69, 9.17) is 9.47 Å². The summed E-state index contributed by atoms with van der Waals surface area (Å²) in [6, 6.07) is 8.69. The number of esters is 1. The number of piperazine rings is 1. The fourth-order valence-electron chi connectivity index (χ4n) is 4.13. The maximum atomic E-state index is 13.3. The van der Waals surface area contributed by atoms with Crippen LogP contribution < -0.4 is 10.1 Å². The first-order chi connectivity index (χ1) is 20.0. The molecule has 0 saturated carbocycles. The van der Waals surface area contributed by atoms with E-state index in [9.17, 15) is 34.2 Å². The summed E-state index contributed by atoms with van der Waals surface area (Å²) >= 11 is 0. The minimum Gasteiger partial charge on any atom is -0.481 e. The average molecular weight is 590 g/mol. The number of aromatic nitrogens is 2. The van der Waals surface area contributed by atoms with Gasteiger partial charge in [0, 0.05) is 38.7 Å². The molecule has 0 aliphatic carbocycles. The predicted molar refractivity (Wildman–Crippen MR) is 145 cm³/mol. The van der Waals surface area contributed by atoms with Gasteiger partial charge in [-0.2, -0.15) is 5.10 Å². The summed E-state index contributed by atoms with van der Waals surface area (Å²) in [5.41, 5.74) is -1.65. The van der Waals surface area contributed by atoms with Crippen LogP contribution in [-0.2, 0) is 23.9 Å². The third-order valence-corrected chi connectivity index (χ3v) is 6.40. The van der Waals surface area contributed by atoms with Crippen molar-refractivity contribution in [3.63, 3.8) is 0 Å². The molecular weight excluding hydrogens is 554 g/mol. The molecule has 2 unspecified atom stereocenters. The van der Waals surface area contributed by atoms with E-state index < -0.39 is 48.1 Å². The molecule has 2 atom stereocenters. The van der Waals surface area contributed by atoms with Crippen LogP contribution in [0.3, 0.4) is 0 Å².